The lowest BCUT2D eigenvalue weighted by atomic mass is 10.1. The third kappa shape index (κ3) is 3.72. The zero-order chi connectivity index (χ0) is 24.7. The summed E-state index contributed by atoms with van der Waals surface area (Å²) in [6, 6.07) is 20.1. The summed E-state index contributed by atoms with van der Waals surface area (Å²) in [7, 11) is 3.30. The van der Waals surface area contributed by atoms with Gasteiger partial charge in [-0.15, -0.1) is 0 Å². The minimum absolute atomic E-state index is 0.0334. The molecule has 3 aromatic carbocycles. The zero-order valence-electron chi connectivity index (χ0n) is 19.0. The predicted molar refractivity (Wildman–Crippen MR) is 133 cm³/mol. The molecule has 0 amide bonds. The van der Waals surface area contributed by atoms with Crippen molar-refractivity contribution >= 4 is 27.6 Å². The Labute approximate surface area is 198 Å². The lowest BCUT2D eigenvalue weighted by Crippen LogP contribution is -2.29. The summed E-state index contributed by atoms with van der Waals surface area (Å²) in [5.74, 6) is 0.893. The number of nitrogens with zero attached hydrogens (tertiary/aromatic N) is 4. The second kappa shape index (κ2) is 8.53. The zero-order valence-corrected chi connectivity index (χ0v) is 19.0. The van der Waals surface area contributed by atoms with Gasteiger partial charge in [-0.25, -0.2) is 4.98 Å². The third-order valence-electron chi connectivity index (χ3n) is 6.02. The number of nitro benzene ring substituents is 1. The van der Waals surface area contributed by atoms with Crippen LogP contribution in [0.1, 0.15) is 5.56 Å². The first kappa shape index (κ1) is 22.0. The molecule has 0 saturated carbocycles. The lowest BCUT2D eigenvalue weighted by Gasteiger charge is -2.16. The summed E-state index contributed by atoms with van der Waals surface area (Å²) in [5.41, 5.74) is 0.978. The summed E-state index contributed by atoms with van der Waals surface area (Å²) in [4.78, 5) is 42.8. The molecule has 174 valence electrons. The highest BCUT2D eigenvalue weighted by atomic mass is 16.6. The third-order valence-corrected chi connectivity index (χ3v) is 6.02. The molecule has 0 aliphatic heterocycles. The van der Waals surface area contributed by atoms with Crippen LogP contribution in [-0.2, 0) is 13.6 Å². The maximum atomic E-state index is 13.8. The highest BCUT2D eigenvalue weighted by molar-refractivity contribution is 5.92. The number of fused-ring (bicyclic) bond motifs is 2. The monoisotopic (exact) mass is 468 g/mol. The Morgan fingerprint density at radius 3 is 2.46 bits per heavy atom. The van der Waals surface area contributed by atoms with Crippen molar-refractivity contribution in [2.45, 2.75) is 6.54 Å². The maximum Gasteiger partial charge on any atom is 0.270 e. The van der Waals surface area contributed by atoms with Crippen LogP contribution in [0.4, 0.5) is 5.69 Å². The molecule has 5 aromatic rings. The van der Waals surface area contributed by atoms with Gasteiger partial charge in [-0.3, -0.25) is 24.3 Å². The molecule has 0 spiro atoms. The van der Waals surface area contributed by atoms with Crippen molar-refractivity contribution in [3.05, 3.63) is 109 Å². The van der Waals surface area contributed by atoms with Crippen LogP contribution < -0.4 is 15.7 Å². The molecule has 0 aliphatic rings. The molecule has 0 atom stereocenters. The van der Waals surface area contributed by atoms with Crippen molar-refractivity contribution in [1.29, 1.82) is 0 Å². The number of aryl methyl sites for hydroxylation is 1. The van der Waals surface area contributed by atoms with Gasteiger partial charge in [0.1, 0.15) is 17.0 Å². The Balaban J connectivity index is 1.86. The highest BCUT2D eigenvalue weighted by Gasteiger charge is 2.20. The topological polar surface area (TPSA) is 109 Å². The van der Waals surface area contributed by atoms with Crippen LogP contribution in [0.2, 0.25) is 0 Å². The second-order valence-electron chi connectivity index (χ2n) is 8.09. The molecule has 0 aliphatic carbocycles. The molecule has 2 heterocycles. The Morgan fingerprint density at radius 2 is 1.74 bits per heavy atom. The molecule has 0 unspecified atom stereocenters. The Kier molecular flexibility index (Phi) is 5.37. The van der Waals surface area contributed by atoms with Crippen molar-refractivity contribution in [2.24, 2.45) is 7.05 Å². The van der Waals surface area contributed by atoms with Gasteiger partial charge in [0, 0.05) is 30.1 Å². The predicted octanol–water partition coefficient (Wildman–Crippen LogP) is 3.88. The lowest BCUT2D eigenvalue weighted by molar-refractivity contribution is -0.384. The van der Waals surface area contributed by atoms with E-state index in [9.17, 15) is 19.7 Å². The first-order chi connectivity index (χ1) is 16.9. The van der Waals surface area contributed by atoms with Gasteiger partial charge in [0.05, 0.1) is 24.1 Å². The summed E-state index contributed by atoms with van der Waals surface area (Å²) >= 11 is 0. The van der Waals surface area contributed by atoms with Crippen LogP contribution in [0, 0.1) is 10.1 Å². The van der Waals surface area contributed by atoms with Crippen LogP contribution in [0.3, 0.4) is 0 Å². The summed E-state index contributed by atoms with van der Waals surface area (Å²) in [6.45, 7) is 0.111. The van der Waals surface area contributed by atoms with E-state index in [0.29, 0.717) is 22.2 Å². The van der Waals surface area contributed by atoms with Gasteiger partial charge in [-0.05, 0) is 29.8 Å². The van der Waals surface area contributed by atoms with E-state index >= 15 is 0 Å². The molecule has 0 N–H and O–H groups in total. The Bertz CT molecular complexity index is 1740. The van der Waals surface area contributed by atoms with Crippen molar-refractivity contribution < 1.29 is 9.66 Å². The van der Waals surface area contributed by atoms with Crippen LogP contribution in [-0.4, -0.2) is 26.2 Å². The smallest absolute Gasteiger partial charge is 0.270 e. The van der Waals surface area contributed by atoms with Crippen LogP contribution >= 0.6 is 0 Å². The van der Waals surface area contributed by atoms with Crippen LogP contribution in [0.15, 0.2) is 82.4 Å². The molecule has 9 nitrogen and oxygen atoms in total. The number of hydrogen-bond acceptors (Lipinski definition) is 6. The maximum absolute atomic E-state index is 13.8. The number of non-ortho nitro benzene ring substituents is 1. The average Bonchev–Trinajstić information content (AvgIpc) is 2.88. The number of rotatable bonds is 5. The van der Waals surface area contributed by atoms with E-state index in [1.54, 1.807) is 67.3 Å². The fraction of sp³-hybridized carbons (Fsp3) is 0.115. The first-order valence-corrected chi connectivity index (χ1v) is 10.8. The minimum atomic E-state index is -0.515. The minimum Gasteiger partial charge on any atom is -0.497 e. The van der Waals surface area contributed by atoms with Crippen molar-refractivity contribution in [3.63, 3.8) is 0 Å². The van der Waals surface area contributed by atoms with Gasteiger partial charge >= 0.3 is 0 Å². The van der Waals surface area contributed by atoms with E-state index in [2.05, 4.69) is 0 Å². The molecule has 0 bridgehead atoms. The van der Waals surface area contributed by atoms with Crippen LogP contribution in [0.25, 0.3) is 33.3 Å². The molecule has 9 heteroatoms. The molecule has 35 heavy (non-hydrogen) atoms. The van der Waals surface area contributed by atoms with E-state index < -0.39 is 15.9 Å². The van der Waals surface area contributed by atoms with Crippen molar-refractivity contribution in [2.75, 3.05) is 7.11 Å². The molecule has 0 fully saturated rings. The largest absolute Gasteiger partial charge is 0.497 e. The van der Waals surface area contributed by atoms with Crippen LogP contribution in [0.5, 0.6) is 5.75 Å². The number of benzene rings is 3. The van der Waals surface area contributed by atoms with E-state index in [1.807, 2.05) is 12.1 Å². The van der Waals surface area contributed by atoms with Gasteiger partial charge in [-0.2, -0.15) is 0 Å². The van der Waals surface area contributed by atoms with Gasteiger partial charge in [-0.1, -0.05) is 36.4 Å². The summed E-state index contributed by atoms with van der Waals surface area (Å²) < 4.78 is 8.30. The second-order valence-corrected chi connectivity index (χ2v) is 8.09. The summed E-state index contributed by atoms with van der Waals surface area (Å²) in [5, 5.41) is 11.8. The number of pyridine rings is 1. The number of aromatic nitrogens is 3. The van der Waals surface area contributed by atoms with E-state index in [1.165, 1.54) is 16.7 Å². The van der Waals surface area contributed by atoms with Gasteiger partial charge < -0.3 is 9.30 Å². The number of ether oxygens (including phenoxy) is 1. The van der Waals surface area contributed by atoms with Crippen molar-refractivity contribution in [1.82, 2.24) is 14.1 Å². The molecule has 0 saturated heterocycles. The van der Waals surface area contributed by atoms with E-state index in [0.717, 1.165) is 5.56 Å². The summed E-state index contributed by atoms with van der Waals surface area (Å²) in [6.07, 6.45) is 0. The first-order valence-electron chi connectivity index (χ1n) is 10.8. The average molecular weight is 468 g/mol. The highest BCUT2D eigenvalue weighted by Crippen LogP contribution is 2.25. The van der Waals surface area contributed by atoms with Gasteiger partial charge in [0.2, 0.25) is 5.43 Å². The molecule has 2 aromatic heterocycles. The number of para-hydroxylation sites is 1. The Morgan fingerprint density at radius 1 is 1.00 bits per heavy atom. The normalized spacial score (nSPS) is 11.1. The molecular weight excluding hydrogens is 448 g/mol. The number of nitro groups is 1. The van der Waals surface area contributed by atoms with Crippen molar-refractivity contribution in [3.8, 4) is 17.1 Å². The quantitative estimate of drug-likeness (QED) is 0.220. The van der Waals surface area contributed by atoms with E-state index in [4.69, 9.17) is 9.72 Å². The molecule has 5 rings (SSSR count). The number of hydrogen-bond donors (Lipinski definition) is 0. The van der Waals surface area contributed by atoms with E-state index in [-0.39, 0.29) is 29.1 Å². The molecular formula is C26H20N4O5. The SMILES string of the molecule is COc1ccc(Cn2c(-c3cccc([N+](=O)[O-])c3)nc3c(c(=O)c4ccccc4n3C)c2=O)cc1. The standard InChI is InChI=1S/C26H20N4O5/c1-28-21-9-4-3-8-20(21)23(31)22-25(28)27-24(17-6-5-7-18(14-17)30(33)34)29(26(22)32)15-16-10-12-19(35-2)13-11-16/h3-14H,15H2,1-2H3. The molecule has 0 radical (unpaired) electrons. The Hall–Kier alpha value is -4.79. The fourth-order valence-electron chi connectivity index (χ4n) is 4.23. The fourth-order valence-corrected chi connectivity index (χ4v) is 4.23. The van der Waals surface area contributed by atoms with Gasteiger partial charge in [0.25, 0.3) is 11.2 Å². The number of methoxy groups -OCH3 is 1. The van der Waals surface area contributed by atoms with Gasteiger partial charge in [0.15, 0.2) is 5.65 Å².